The van der Waals surface area contributed by atoms with E-state index in [1.165, 1.54) is 31.2 Å². The second-order valence-corrected chi connectivity index (χ2v) is 8.29. The first-order valence-corrected chi connectivity index (χ1v) is 11.6. The molecule has 3 N–H and O–H groups in total. The van der Waals surface area contributed by atoms with Crippen molar-refractivity contribution >= 4 is 5.97 Å². The van der Waals surface area contributed by atoms with Crippen LogP contribution >= 0.6 is 0 Å². The van der Waals surface area contributed by atoms with Gasteiger partial charge in [0.15, 0.2) is 0 Å². The zero-order valence-corrected chi connectivity index (χ0v) is 18.8. The summed E-state index contributed by atoms with van der Waals surface area (Å²) in [5, 5.41) is 21.9. The maximum absolute atomic E-state index is 10.7. The minimum absolute atomic E-state index is 0.00710. The van der Waals surface area contributed by atoms with Gasteiger partial charge in [-0.05, 0) is 49.9 Å². The standard InChI is InChI=1S/C25H39NO5/c1-30-22-14-12-20(13-15-22)9-6-4-2-3-5-7-18-31-25-21(19-27)16-17-26-23(25)10-8-11-24(28)29/h8,10,12-15,21,23,25-27H,2-7,9,11,16-19H2,1H3,(H,28,29)/b10-8+. The molecule has 1 aliphatic heterocycles. The van der Waals surface area contributed by atoms with E-state index < -0.39 is 5.97 Å². The van der Waals surface area contributed by atoms with Crippen molar-refractivity contribution < 1.29 is 24.5 Å². The van der Waals surface area contributed by atoms with Crippen LogP contribution in [0.3, 0.4) is 0 Å². The van der Waals surface area contributed by atoms with Crippen molar-refractivity contribution in [2.24, 2.45) is 5.92 Å². The number of carbonyl (C=O) groups is 1. The van der Waals surface area contributed by atoms with Crippen molar-refractivity contribution in [2.45, 2.75) is 69.9 Å². The van der Waals surface area contributed by atoms with Gasteiger partial charge in [-0.25, -0.2) is 0 Å². The summed E-state index contributed by atoms with van der Waals surface area (Å²) >= 11 is 0. The Morgan fingerprint density at radius 3 is 2.52 bits per heavy atom. The molecule has 6 heteroatoms. The van der Waals surface area contributed by atoms with Crippen LogP contribution < -0.4 is 10.1 Å². The van der Waals surface area contributed by atoms with Crippen LogP contribution in [0.1, 0.15) is 56.9 Å². The van der Waals surface area contributed by atoms with Crippen molar-refractivity contribution in [3.63, 3.8) is 0 Å². The molecule has 174 valence electrons. The summed E-state index contributed by atoms with van der Waals surface area (Å²) in [5.74, 6) is 0.161. The van der Waals surface area contributed by atoms with Crippen LogP contribution in [0.25, 0.3) is 0 Å². The van der Waals surface area contributed by atoms with E-state index in [4.69, 9.17) is 14.6 Å². The number of piperidine rings is 1. The average molecular weight is 434 g/mol. The van der Waals surface area contributed by atoms with E-state index in [-0.39, 0.29) is 31.1 Å². The number of rotatable bonds is 15. The molecule has 1 saturated heterocycles. The third-order valence-corrected chi connectivity index (χ3v) is 5.91. The largest absolute Gasteiger partial charge is 0.497 e. The molecule has 1 fully saturated rings. The Bertz CT molecular complexity index is 646. The molecule has 0 aliphatic carbocycles. The number of hydrogen-bond donors (Lipinski definition) is 3. The van der Waals surface area contributed by atoms with Crippen LogP contribution in [0, 0.1) is 5.92 Å². The molecule has 0 amide bonds. The molecule has 0 radical (unpaired) electrons. The molecular formula is C25H39NO5. The van der Waals surface area contributed by atoms with Gasteiger partial charge in [-0.2, -0.15) is 0 Å². The monoisotopic (exact) mass is 433 g/mol. The zero-order chi connectivity index (χ0) is 22.3. The summed E-state index contributed by atoms with van der Waals surface area (Å²) in [6.45, 7) is 1.59. The molecule has 3 atom stereocenters. The number of benzene rings is 1. The second kappa shape index (κ2) is 15.0. The predicted octanol–water partition coefficient (Wildman–Crippen LogP) is 3.96. The van der Waals surface area contributed by atoms with Crippen LogP contribution in [0.2, 0.25) is 0 Å². The first kappa shape index (κ1) is 25.4. The molecule has 1 aromatic carbocycles. The van der Waals surface area contributed by atoms with Crippen LogP contribution in [0.15, 0.2) is 36.4 Å². The van der Waals surface area contributed by atoms with Crippen LogP contribution in [-0.2, 0) is 16.0 Å². The highest BCUT2D eigenvalue weighted by molar-refractivity contribution is 5.68. The van der Waals surface area contributed by atoms with E-state index in [1.54, 1.807) is 13.2 Å². The lowest BCUT2D eigenvalue weighted by Gasteiger charge is -2.36. The van der Waals surface area contributed by atoms with E-state index in [0.29, 0.717) is 6.61 Å². The number of ether oxygens (including phenoxy) is 2. The molecule has 31 heavy (non-hydrogen) atoms. The topological polar surface area (TPSA) is 88.0 Å². The number of carboxylic acid groups (broad SMARTS) is 1. The van der Waals surface area contributed by atoms with Crippen LogP contribution in [0.5, 0.6) is 5.75 Å². The summed E-state index contributed by atoms with van der Waals surface area (Å²) in [4.78, 5) is 10.7. The average Bonchev–Trinajstić information content (AvgIpc) is 2.78. The maximum Gasteiger partial charge on any atom is 0.307 e. The molecule has 1 aromatic rings. The third-order valence-electron chi connectivity index (χ3n) is 5.91. The lowest BCUT2D eigenvalue weighted by Crippen LogP contribution is -2.51. The predicted molar refractivity (Wildman–Crippen MR) is 123 cm³/mol. The van der Waals surface area contributed by atoms with Gasteiger partial charge in [0, 0.05) is 19.1 Å². The maximum atomic E-state index is 10.7. The van der Waals surface area contributed by atoms with Gasteiger partial charge < -0.3 is 25.0 Å². The SMILES string of the molecule is COc1ccc(CCCCCCCCOC2C(CO)CCNC2/C=C/CC(=O)O)cc1. The van der Waals surface area contributed by atoms with Crippen molar-refractivity contribution in [2.75, 3.05) is 26.9 Å². The number of nitrogens with one attached hydrogen (secondary N) is 1. The number of aliphatic carboxylic acids is 1. The van der Waals surface area contributed by atoms with E-state index in [0.717, 1.165) is 38.0 Å². The van der Waals surface area contributed by atoms with Crippen molar-refractivity contribution in [1.82, 2.24) is 5.32 Å². The van der Waals surface area contributed by atoms with E-state index >= 15 is 0 Å². The van der Waals surface area contributed by atoms with Crippen LogP contribution in [-0.4, -0.2) is 55.2 Å². The summed E-state index contributed by atoms with van der Waals surface area (Å²) in [6, 6.07) is 8.28. The van der Waals surface area contributed by atoms with Crippen molar-refractivity contribution in [3.8, 4) is 5.75 Å². The van der Waals surface area contributed by atoms with Crippen molar-refractivity contribution in [1.29, 1.82) is 0 Å². The lowest BCUT2D eigenvalue weighted by atomic mass is 9.89. The molecule has 0 spiro atoms. The fourth-order valence-corrected chi connectivity index (χ4v) is 4.09. The van der Waals surface area contributed by atoms with Gasteiger partial charge in [0.25, 0.3) is 0 Å². The highest BCUT2D eigenvalue weighted by atomic mass is 16.5. The number of hydrogen-bond acceptors (Lipinski definition) is 5. The van der Waals surface area contributed by atoms with Gasteiger partial charge in [0.05, 0.1) is 25.7 Å². The second-order valence-electron chi connectivity index (χ2n) is 8.29. The minimum Gasteiger partial charge on any atom is -0.497 e. The Hall–Kier alpha value is -1.89. The number of unbranched alkanes of at least 4 members (excludes halogenated alkanes) is 5. The first-order valence-electron chi connectivity index (χ1n) is 11.6. The fourth-order valence-electron chi connectivity index (χ4n) is 4.09. The Kier molecular flexibility index (Phi) is 12.3. The lowest BCUT2D eigenvalue weighted by molar-refractivity contribution is -0.136. The summed E-state index contributed by atoms with van der Waals surface area (Å²) in [6.07, 6.45) is 12.5. The van der Waals surface area contributed by atoms with Gasteiger partial charge in [-0.15, -0.1) is 0 Å². The molecule has 1 aliphatic rings. The quantitative estimate of drug-likeness (QED) is 0.287. The molecule has 1 heterocycles. The summed E-state index contributed by atoms with van der Waals surface area (Å²) in [7, 11) is 1.69. The molecule has 2 rings (SSSR count). The molecule has 3 unspecified atom stereocenters. The normalized spacial score (nSPS) is 21.4. The molecule has 0 aromatic heterocycles. The fraction of sp³-hybridized carbons (Fsp3) is 0.640. The summed E-state index contributed by atoms with van der Waals surface area (Å²) in [5.41, 5.74) is 1.36. The first-order chi connectivity index (χ1) is 15.1. The van der Waals surface area contributed by atoms with Gasteiger partial charge in [-0.3, -0.25) is 4.79 Å². The number of aliphatic hydroxyl groups is 1. The number of aryl methyl sites for hydroxylation is 1. The number of methoxy groups -OCH3 is 1. The van der Waals surface area contributed by atoms with E-state index in [2.05, 4.69) is 17.4 Å². The number of carboxylic acids is 1. The molecule has 6 nitrogen and oxygen atoms in total. The molecule has 0 saturated carbocycles. The molecular weight excluding hydrogens is 394 g/mol. The Balaban J connectivity index is 1.57. The smallest absolute Gasteiger partial charge is 0.307 e. The molecule has 0 bridgehead atoms. The third kappa shape index (κ3) is 9.85. The highest BCUT2D eigenvalue weighted by Gasteiger charge is 2.31. The van der Waals surface area contributed by atoms with E-state index in [9.17, 15) is 9.90 Å². The van der Waals surface area contributed by atoms with Crippen LogP contribution in [0.4, 0.5) is 0 Å². The van der Waals surface area contributed by atoms with Gasteiger partial charge in [0.1, 0.15) is 5.75 Å². The van der Waals surface area contributed by atoms with Crippen molar-refractivity contribution in [3.05, 3.63) is 42.0 Å². The minimum atomic E-state index is -0.841. The Morgan fingerprint density at radius 1 is 1.13 bits per heavy atom. The highest BCUT2D eigenvalue weighted by Crippen LogP contribution is 2.22. The van der Waals surface area contributed by atoms with Gasteiger partial charge >= 0.3 is 5.97 Å². The van der Waals surface area contributed by atoms with Gasteiger partial charge in [-0.1, -0.05) is 50.0 Å². The van der Waals surface area contributed by atoms with E-state index in [1.807, 2.05) is 18.2 Å². The van der Waals surface area contributed by atoms with Gasteiger partial charge in [0.2, 0.25) is 0 Å². The Labute approximate surface area is 186 Å². The summed E-state index contributed by atoms with van der Waals surface area (Å²) < 4.78 is 11.3. The zero-order valence-electron chi connectivity index (χ0n) is 18.8. The Morgan fingerprint density at radius 2 is 1.84 bits per heavy atom. The number of aliphatic hydroxyl groups excluding tert-OH is 1.